The molecule has 0 spiro atoms. The van der Waals surface area contributed by atoms with Crippen molar-refractivity contribution in [2.45, 2.75) is 20.3 Å². The fourth-order valence-corrected chi connectivity index (χ4v) is 2.05. The summed E-state index contributed by atoms with van der Waals surface area (Å²) in [6.07, 6.45) is 0.508. The largest absolute Gasteiger partial charge is 0.496 e. The van der Waals surface area contributed by atoms with Crippen molar-refractivity contribution in [3.8, 4) is 5.75 Å². The van der Waals surface area contributed by atoms with Gasteiger partial charge in [0.2, 0.25) is 0 Å². The van der Waals surface area contributed by atoms with Gasteiger partial charge in [-0.25, -0.2) is 0 Å². The maximum absolute atomic E-state index is 12.1. The number of ether oxygens (including phenoxy) is 1. The third kappa shape index (κ3) is 4.98. The predicted molar refractivity (Wildman–Crippen MR) is 80.3 cm³/mol. The van der Waals surface area contributed by atoms with Gasteiger partial charge in [-0.05, 0) is 24.5 Å². The lowest BCUT2D eigenvalue weighted by Gasteiger charge is -2.16. The number of nitrogen functional groups attached to an aromatic ring is 1. The second kappa shape index (κ2) is 7.52. The van der Waals surface area contributed by atoms with Crippen molar-refractivity contribution in [1.29, 1.82) is 0 Å². The number of hydrogen-bond acceptors (Lipinski definition) is 4. The number of carboxylic acids is 1. The van der Waals surface area contributed by atoms with Gasteiger partial charge in [-0.2, -0.15) is 0 Å². The second-order valence-electron chi connectivity index (χ2n) is 5.33. The van der Waals surface area contributed by atoms with Crippen LogP contribution < -0.4 is 15.8 Å². The summed E-state index contributed by atoms with van der Waals surface area (Å²) in [4.78, 5) is 23.3. The van der Waals surface area contributed by atoms with Gasteiger partial charge < -0.3 is 20.9 Å². The highest BCUT2D eigenvalue weighted by atomic mass is 16.5. The number of carbonyl (C=O) groups excluding carboxylic acids is 1. The normalized spacial score (nSPS) is 12.0. The Balaban J connectivity index is 2.74. The van der Waals surface area contributed by atoms with Gasteiger partial charge in [0.25, 0.3) is 5.91 Å². The lowest BCUT2D eigenvalue weighted by molar-refractivity contribution is -0.142. The first kappa shape index (κ1) is 16.8. The van der Waals surface area contributed by atoms with Crippen LogP contribution in [0.2, 0.25) is 0 Å². The van der Waals surface area contributed by atoms with E-state index in [-0.39, 0.29) is 18.4 Å². The zero-order valence-corrected chi connectivity index (χ0v) is 12.6. The minimum atomic E-state index is -0.909. The highest BCUT2D eigenvalue weighted by molar-refractivity contribution is 5.97. The van der Waals surface area contributed by atoms with E-state index in [9.17, 15) is 9.59 Å². The number of amides is 1. The number of benzene rings is 1. The van der Waals surface area contributed by atoms with E-state index in [1.165, 1.54) is 7.11 Å². The molecule has 0 aliphatic rings. The van der Waals surface area contributed by atoms with E-state index >= 15 is 0 Å². The van der Waals surface area contributed by atoms with Crippen molar-refractivity contribution in [2.24, 2.45) is 11.8 Å². The molecule has 0 radical (unpaired) electrons. The number of aliphatic carboxylic acids is 1. The molecule has 1 unspecified atom stereocenters. The van der Waals surface area contributed by atoms with Crippen molar-refractivity contribution in [1.82, 2.24) is 5.32 Å². The topological polar surface area (TPSA) is 102 Å². The zero-order chi connectivity index (χ0) is 16.0. The lowest BCUT2D eigenvalue weighted by atomic mass is 9.97. The molecule has 1 aromatic rings. The van der Waals surface area contributed by atoms with E-state index in [1.54, 1.807) is 18.2 Å². The monoisotopic (exact) mass is 294 g/mol. The van der Waals surface area contributed by atoms with Crippen LogP contribution in [0.15, 0.2) is 18.2 Å². The Labute approximate surface area is 124 Å². The summed E-state index contributed by atoms with van der Waals surface area (Å²) < 4.78 is 5.11. The molecule has 0 heterocycles. The number of nitrogens with two attached hydrogens (primary N) is 1. The minimum Gasteiger partial charge on any atom is -0.496 e. The first-order valence-corrected chi connectivity index (χ1v) is 6.79. The third-order valence-electron chi connectivity index (χ3n) is 3.08. The predicted octanol–water partition coefficient (Wildman–Crippen LogP) is 1.75. The van der Waals surface area contributed by atoms with E-state index in [4.69, 9.17) is 15.6 Å². The van der Waals surface area contributed by atoms with Crippen molar-refractivity contribution in [3.05, 3.63) is 23.8 Å². The molecular formula is C15H22N2O4. The Kier molecular flexibility index (Phi) is 6.02. The molecule has 116 valence electrons. The Morgan fingerprint density at radius 3 is 2.57 bits per heavy atom. The van der Waals surface area contributed by atoms with Crippen LogP contribution >= 0.6 is 0 Å². The Hall–Kier alpha value is -2.24. The quantitative estimate of drug-likeness (QED) is 0.665. The molecule has 1 atom stereocenters. The molecule has 1 aromatic carbocycles. The number of methoxy groups -OCH3 is 1. The molecule has 0 fully saturated rings. The van der Waals surface area contributed by atoms with Crippen LogP contribution in [0.5, 0.6) is 5.75 Å². The van der Waals surface area contributed by atoms with Crippen molar-refractivity contribution in [3.63, 3.8) is 0 Å². The van der Waals surface area contributed by atoms with Gasteiger partial charge in [0.15, 0.2) is 0 Å². The standard InChI is InChI=1S/C15H22N2O4/c1-9(2)6-10(15(19)20)8-17-14(18)12-5-4-11(16)7-13(12)21-3/h4-5,7,9-10H,6,8,16H2,1-3H3,(H,17,18)(H,19,20). The number of nitrogens with one attached hydrogen (secondary N) is 1. The molecule has 1 amide bonds. The van der Waals surface area contributed by atoms with Gasteiger partial charge in [-0.1, -0.05) is 13.8 Å². The van der Waals surface area contributed by atoms with Crippen LogP contribution in [0.4, 0.5) is 5.69 Å². The molecule has 0 saturated carbocycles. The van der Waals surface area contributed by atoms with Gasteiger partial charge >= 0.3 is 5.97 Å². The number of anilines is 1. The molecule has 6 heteroatoms. The van der Waals surface area contributed by atoms with Gasteiger partial charge in [0.1, 0.15) is 5.75 Å². The summed E-state index contributed by atoms with van der Waals surface area (Å²) in [5.74, 6) is -1.28. The first-order chi connectivity index (χ1) is 9.85. The zero-order valence-electron chi connectivity index (χ0n) is 12.6. The van der Waals surface area contributed by atoms with Crippen molar-refractivity contribution < 1.29 is 19.4 Å². The molecule has 6 nitrogen and oxygen atoms in total. The molecule has 0 aliphatic heterocycles. The van der Waals surface area contributed by atoms with Crippen LogP contribution in [0, 0.1) is 11.8 Å². The van der Waals surface area contributed by atoms with Gasteiger partial charge in [-0.15, -0.1) is 0 Å². The summed E-state index contributed by atoms with van der Waals surface area (Å²) in [5.41, 5.74) is 6.46. The smallest absolute Gasteiger partial charge is 0.308 e. The van der Waals surface area contributed by atoms with Crippen LogP contribution in [0.3, 0.4) is 0 Å². The molecule has 0 aromatic heterocycles. The lowest BCUT2D eigenvalue weighted by Crippen LogP contribution is -2.33. The van der Waals surface area contributed by atoms with E-state index in [2.05, 4.69) is 5.32 Å². The maximum Gasteiger partial charge on any atom is 0.308 e. The number of hydrogen-bond donors (Lipinski definition) is 3. The minimum absolute atomic E-state index is 0.0832. The molecule has 0 aliphatic carbocycles. The summed E-state index contributed by atoms with van der Waals surface area (Å²) >= 11 is 0. The van der Waals surface area contributed by atoms with Crippen LogP contribution in [-0.4, -0.2) is 30.6 Å². The summed E-state index contributed by atoms with van der Waals surface area (Å²) in [6.45, 7) is 3.97. The number of carbonyl (C=O) groups is 2. The first-order valence-electron chi connectivity index (χ1n) is 6.79. The average Bonchev–Trinajstić information content (AvgIpc) is 2.42. The van der Waals surface area contributed by atoms with E-state index < -0.39 is 11.9 Å². The van der Waals surface area contributed by atoms with Crippen LogP contribution in [-0.2, 0) is 4.79 Å². The molecular weight excluding hydrogens is 272 g/mol. The van der Waals surface area contributed by atoms with Gasteiger partial charge in [-0.3, -0.25) is 9.59 Å². The van der Waals surface area contributed by atoms with Crippen LogP contribution in [0.1, 0.15) is 30.6 Å². The molecule has 0 bridgehead atoms. The van der Waals surface area contributed by atoms with Gasteiger partial charge in [0.05, 0.1) is 18.6 Å². The summed E-state index contributed by atoms with van der Waals surface area (Å²) in [5, 5.41) is 11.8. The van der Waals surface area contributed by atoms with Crippen LogP contribution in [0.25, 0.3) is 0 Å². The summed E-state index contributed by atoms with van der Waals surface area (Å²) in [7, 11) is 1.45. The highest BCUT2D eigenvalue weighted by Gasteiger charge is 2.21. The molecule has 0 saturated heterocycles. The summed E-state index contributed by atoms with van der Waals surface area (Å²) in [6, 6.07) is 4.71. The van der Waals surface area contributed by atoms with E-state index in [1.807, 2.05) is 13.8 Å². The fraction of sp³-hybridized carbons (Fsp3) is 0.467. The molecule has 4 N–H and O–H groups in total. The molecule has 21 heavy (non-hydrogen) atoms. The fourth-order valence-electron chi connectivity index (χ4n) is 2.05. The van der Waals surface area contributed by atoms with Crippen molar-refractivity contribution in [2.75, 3.05) is 19.4 Å². The Morgan fingerprint density at radius 2 is 2.05 bits per heavy atom. The van der Waals surface area contributed by atoms with Gasteiger partial charge in [0, 0.05) is 18.3 Å². The second-order valence-corrected chi connectivity index (χ2v) is 5.33. The number of rotatable bonds is 7. The number of carboxylic acid groups (broad SMARTS) is 1. The van der Waals surface area contributed by atoms with E-state index in [0.717, 1.165) is 0 Å². The maximum atomic E-state index is 12.1. The Bertz CT molecular complexity index is 514. The highest BCUT2D eigenvalue weighted by Crippen LogP contribution is 2.21. The third-order valence-corrected chi connectivity index (χ3v) is 3.08. The molecule has 1 rings (SSSR count). The Morgan fingerprint density at radius 1 is 1.38 bits per heavy atom. The SMILES string of the molecule is COc1cc(N)ccc1C(=O)NCC(CC(C)C)C(=O)O. The average molecular weight is 294 g/mol. The van der Waals surface area contributed by atoms with Crippen molar-refractivity contribution >= 4 is 17.6 Å². The van der Waals surface area contributed by atoms with E-state index in [0.29, 0.717) is 23.4 Å².